The van der Waals surface area contributed by atoms with Crippen LogP contribution in [-0.4, -0.2) is 25.8 Å². The van der Waals surface area contributed by atoms with Gasteiger partial charge in [-0.25, -0.2) is 8.42 Å². The number of nitrogens with zero attached hydrogens (tertiary/aromatic N) is 1. The molecule has 1 aromatic rings. The molecule has 0 saturated carbocycles. The van der Waals surface area contributed by atoms with Gasteiger partial charge in [-0.2, -0.15) is 4.31 Å². The summed E-state index contributed by atoms with van der Waals surface area (Å²) in [6, 6.07) is 3.65. The summed E-state index contributed by atoms with van der Waals surface area (Å²) in [7, 11) is -3.37. The topological polar surface area (TPSA) is 37.4 Å². The summed E-state index contributed by atoms with van der Waals surface area (Å²) in [5, 5.41) is 0. The molecule has 106 valence electrons. The van der Waals surface area contributed by atoms with Crippen molar-refractivity contribution in [1.29, 1.82) is 0 Å². The number of sulfonamides is 1. The number of hydrogen-bond acceptors (Lipinski definition) is 2. The summed E-state index contributed by atoms with van der Waals surface area (Å²) >= 11 is 3.39. The molecule has 1 fully saturated rings. The van der Waals surface area contributed by atoms with Crippen LogP contribution < -0.4 is 0 Å². The van der Waals surface area contributed by atoms with Crippen molar-refractivity contribution >= 4 is 26.0 Å². The molecule has 3 nitrogen and oxygen atoms in total. The van der Waals surface area contributed by atoms with E-state index in [0.29, 0.717) is 28.4 Å². The number of piperidine rings is 1. The summed E-state index contributed by atoms with van der Waals surface area (Å²) in [6.07, 6.45) is 1.89. The van der Waals surface area contributed by atoms with Gasteiger partial charge < -0.3 is 0 Å². The number of benzene rings is 1. The Bertz CT molecular complexity index is 575. The Kier molecular flexibility index (Phi) is 4.38. The minimum Gasteiger partial charge on any atom is -0.207 e. The largest absolute Gasteiger partial charge is 0.244 e. The quantitative estimate of drug-likeness (QED) is 0.822. The molecule has 0 amide bonds. The van der Waals surface area contributed by atoms with Crippen LogP contribution >= 0.6 is 15.9 Å². The Morgan fingerprint density at radius 3 is 2.26 bits per heavy atom. The van der Waals surface area contributed by atoms with Crippen molar-refractivity contribution in [3.8, 4) is 0 Å². The van der Waals surface area contributed by atoms with Crippen molar-refractivity contribution in [3.63, 3.8) is 0 Å². The number of hydrogen-bond donors (Lipinski definition) is 0. The van der Waals surface area contributed by atoms with Gasteiger partial charge in [-0.1, -0.05) is 6.92 Å². The first-order chi connectivity index (χ1) is 8.82. The molecular formula is C14H20BrNO2S. The fraction of sp³-hybridized carbons (Fsp3) is 0.571. The second-order valence-electron chi connectivity index (χ2n) is 5.45. The third-order valence-corrected chi connectivity index (χ3v) is 6.77. The van der Waals surface area contributed by atoms with Gasteiger partial charge in [0.05, 0.1) is 4.90 Å². The van der Waals surface area contributed by atoms with E-state index in [9.17, 15) is 8.42 Å². The lowest BCUT2D eigenvalue weighted by molar-refractivity contribution is 0.288. The Morgan fingerprint density at radius 2 is 1.68 bits per heavy atom. The first-order valence-corrected chi connectivity index (χ1v) is 8.82. The molecule has 0 N–H and O–H groups in total. The van der Waals surface area contributed by atoms with E-state index in [1.807, 2.05) is 19.9 Å². The average molecular weight is 346 g/mol. The van der Waals surface area contributed by atoms with E-state index in [2.05, 4.69) is 22.9 Å². The third kappa shape index (κ3) is 3.03. The Morgan fingerprint density at radius 1 is 1.16 bits per heavy atom. The normalized spacial score (nSPS) is 18.7. The van der Waals surface area contributed by atoms with Crippen LogP contribution in [0.15, 0.2) is 21.5 Å². The first-order valence-electron chi connectivity index (χ1n) is 6.59. The van der Waals surface area contributed by atoms with Gasteiger partial charge in [0.2, 0.25) is 10.0 Å². The second kappa shape index (κ2) is 5.54. The Balaban J connectivity index is 2.37. The highest BCUT2D eigenvalue weighted by Crippen LogP contribution is 2.30. The van der Waals surface area contributed by atoms with Crippen LogP contribution in [0, 0.1) is 19.8 Å². The van der Waals surface area contributed by atoms with Gasteiger partial charge in [0.15, 0.2) is 0 Å². The lowest BCUT2D eigenvalue weighted by Crippen LogP contribution is -2.38. The van der Waals surface area contributed by atoms with E-state index in [-0.39, 0.29) is 0 Å². The van der Waals surface area contributed by atoms with E-state index < -0.39 is 10.0 Å². The van der Waals surface area contributed by atoms with Gasteiger partial charge in [0.1, 0.15) is 0 Å². The fourth-order valence-corrected chi connectivity index (χ4v) is 4.99. The van der Waals surface area contributed by atoms with Crippen molar-refractivity contribution in [2.24, 2.45) is 5.92 Å². The van der Waals surface area contributed by atoms with Crippen LogP contribution in [0.5, 0.6) is 0 Å². The van der Waals surface area contributed by atoms with Crippen LogP contribution in [0.1, 0.15) is 30.9 Å². The number of halogens is 1. The maximum atomic E-state index is 12.7. The van der Waals surface area contributed by atoms with Gasteiger partial charge in [0.25, 0.3) is 0 Å². The maximum absolute atomic E-state index is 12.7. The number of rotatable bonds is 2. The lowest BCUT2D eigenvalue weighted by Gasteiger charge is -2.29. The van der Waals surface area contributed by atoms with Crippen molar-refractivity contribution in [2.45, 2.75) is 38.5 Å². The Labute approximate surface area is 124 Å². The minimum atomic E-state index is -3.37. The summed E-state index contributed by atoms with van der Waals surface area (Å²) in [5.74, 6) is 0.620. The highest BCUT2D eigenvalue weighted by Gasteiger charge is 2.29. The molecule has 0 spiro atoms. The standard InChI is InChI=1S/C14H20BrNO2S/c1-10-4-6-16(7-5-10)19(17,18)14-9-12(3)11(2)8-13(14)15/h8-10H,4-7H2,1-3H3. The van der Waals surface area contributed by atoms with Gasteiger partial charge in [-0.3, -0.25) is 0 Å². The third-order valence-electron chi connectivity index (χ3n) is 3.91. The van der Waals surface area contributed by atoms with Crippen molar-refractivity contribution in [1.82, 2.24) is 4.31 Å². The zero-order chi connectivity index (χ0) is 14.2. The molecule has 0 aliphatic carbocycles. The van der Waals surface area contributed by atoms with Crippen LogP contribution in [-0.2, 0) is 10.0 Å². The second-order valence-corrected chi connectivity index (χ2v) is 8.21. The van der Waals surface area contributed by atoms with Crippen molar-refractivity contribution < 1.29 is 8.42 Å². The molecule has 1 heterocycles. The molecule has 1 saturated heterocycles. The monoisotopic (exact) mass is 345 g/mol. The van der Waals surface area contributed by atoms with Crippen molar-refractivity contribution in [3.05, 3.63) is 27.7 Å². The predicted octanol–water partition coefficient (Wildman–Crippen LogP) is 3.49. The minimum absolute atomic E-state index is 0.394. The highest BCUT2D eigenvalue weighted by molar-refractivity contribution is 9.10. The van der Waals surface area contributed by atoms with Gasteiger partial charge in [-0.15, -0.1) is 0 Å². The molecular weight excluding hydrogens is 326 g/mol. The molecule has 5 heteroatoms. The molecule has 0 aromatic heterocycles. The molecule has 1 aliphatic heterocycles. The summed E-state index contributed by atoms with van der Waals surface area (Å²) in [5.41, 5.74) is 2.10. The molecule has 0 unspecified atom stereocenters. The van der Waals surface area contributed by atoms with E-state index in [1.165, 1.54) is 0 Å². The summed E-state index contributed by atoms with van der Waals surface area (Å²) in [4.78, 5) is 0.394. The van der Waals surface area contributed by atoms with Gasteiger partial charge >= 0.3 is 0 Å². The van der Waals surface area contributed by atoms with Crippen LogP contribution in [0.4, 0.5) is 0 Å². The molecule has 0 radical (unpaired) electrons. The fourth-order valence-electron chi connectivity index (χ4n) is 2.32. The highest BCUT2D eigenvalue weighted by atomic mass is 79.9. The zero-order valence-corrected chi connectivity index (χ0v) is 14.0. The van der Waals surface area contributed by atoms with Crippen LogP contribution in [0.2, 0.25) is 0 Å². The van der Waals surface area contributed by atoms with E-state index in [1.54, 1.807) is 10.4 Å². The van der Waals surface area contributed by atoms with Gasteiger partial charge in [-0.05, 0) is 71.8 Å². The smallest absolute Gasteiger partial charge is 0.207 e. The molecule has 1 aromatic carbocycles. The van der Waals surface area contributed by atoms with Crippen LogP contribution in [0.25, 0.3) is 0 Å². The van der Waals surface area contributed by atoms with E-state index >= 15 is 0 Å². The van der Waals surface area contributed by atoms with E-state index in [4.69, 9.17) is 0 Å². The molecule has 0 atom stereocenters. The molecule has 19 heavy (non-hydrogen) atoms. The Hall–Kier alpha value is -0.390. The lowest BCUT2D eigenvalue weighted by atomic mass is 10.0. The molecule has 1 aliphatic rings. The predicted molar refractivity (Wildman–Crippen MR) is 80.8 cm³/mol. The van der Waals surface area contributed by atoms with Gasteiger partial charge in [0, 0.05) is 17.6 Å². The van der Waals surface area contributed by atoms with Crippen LogP contribution in [0.3, 0.4) is 0 Å². The maximum Gasteiger partial charge on any atom is 0.244 e. The number of aryl methyl sites for hydroxylation is 2. The molecule has 2 rings (SSSR count). The van der Waals surface area contributed by atoms with E-state index in [0.717, 1.165) is 24.0 Å². The SMILES string of the molecule is Cc1cc(Br)c(S(=O)(=O)N2CCC(C)CC2)cc1C. The zero-order valence-electron chi connectivity index (χ0n) is 11.6. The molecule has 0 bridgehead atoms. The van der Waals surface area contributed by atoms with Crippen molar-refractivity contribution in [2.75, 3.05) is 13.1 Å². The first kappa shape index (κ1) is 15.0. The summed E-state index contributed by atoms with van der Waals surface area (Å²) < 4.78 is 27.6. The summed E-state index contributed by atoms with van der Waals surface area (Å²) in [6.45, 7) is 7.36. The average Bonchev–Trinajstić information content (AvgIpc) is 2.34.